The Kier molecular flexibility index (Phi) is 4.51. The van der Waals surface area contributed by atoms with E-state index in [2.05, 4.69) is 10.2 Å². The lowest BCUT2D eigenvalue weighted by Gasteiger charge is -2.38. The average Bonchev–Trinajstić information content (AvgIpc) is 2.67. The number of carbonyl (C=O) groups excluding carboxylic acids is 2. The first-order valence-electron chi connectivity index (χ1n) is 8.90. The molecule has 0 aliphatic carbocycles. The van der Waals surface area contributed by atoms with E-state index in [0.717, 1.165) is 5.69 Å². The van der Waals surface area contributed by atoms with E-state index in [9.17, 15) is 18.4 Å². The van der Waals surface area contributed by atoms with Crippen molar-refractivity contribution in [2.75, 3.05) is 36.4 Å². The summed E-state index contributed by atoms with van der Waals surface area (Å²) in [6.45, 7) is 2.30. The molecule has 1 atom stereocenters. The molecule has 0 bridgehead atoms. The molecule has 1 fully saturated rings. The van der Waals surface area contributed by atoms with Crippen molar-refractivity contribution in [2.45, 2.75) is 12.3 Å². The van der Waals surface area contributed by atoms with Crippen molar-refractivity contribution in [1.82, 2.24) is 4.90 Å². The molecule has 2 aromatic rings. The van der Waals surface area contributed by atoms with Crippen molar-refractivity contribution in [1.29, 1.82) is 0 Å². The van der Waals surface area contributed by atoms with Crippen LogP contribution in [-0.2, 0) is 9.59 Å². The summed E-state index contributed by atoms with van der Waals surface area (Å²) >= 11 is 0. The molecule has 0 aromatic heterocycles. The number of amides is 2. The van der Waals surface area contributed by atoms with Crippen LogP contribution in [0.2, 0.25) is 0 Å². The maximum Gasteiger partial charge on any atom is 0.230 e. The lowest BCUT2D eigenvalue weighted by Crippen LogP contribution is -2.50. The number of nitrogens with zero attached hydrogens (tertiary/aromatic N) is 2. The number of benzene rings is 2. The molecule has 2 aromatic carbocycles. The first kappa shape index (κ1) is 17.5. The number of rotatable bonds is 2. The van der Waals surface area contributed by atoms with Gasteiger partial charge in [-0.25, -0.2) is 8.78 Å². The molecule has 2 amide bonds. The van der Waals surface area contributed by atoms with Crippen LogP contribution in [-0.4, -0.2) is 42.9 Å². The van der Waals surface area contributed by atoms with Gasteiger partial charge in [0.15, 0.2) is 0 Å². The summed E-state index contributed by atoms with van der Waals surface area (Å²) in [5, 5.41) is 2.63. The van der Waals surface area contributed by atoms with Crippen LogP contribution >= 0.6 is 0 Å². The fraction of sp³-hybridized carbons (Fsp3) is 0.300. The van der Waals surface area contributed by atoms with Crippen molar-refractivity contribution in [3.05, 3.63) is 59.7 Å². The Morgan fingerprint density at radius 3 is 2.33 bits per heavy atom. The third kappa shape index (κ3) is 3.49. The van der Waals surface area contributed by atoms with Crippen LogP contribution in [0.15, 0.2) is 42.5 Å². The molecule has 0 saturated carbocycles. The number of hydrogen-bond donors (Lipinski definition) is 1. The van der Waals surface area contributed by atoms with Crippen LogP contribution in [0.5, 0.6) is 0 Å². The quantitative estimate of drug-likeness (QED) is 0.883. The smallest absolute Gasteiger partial charge is 0.230 e. The van der Waals surface area contributed by atoms with Gasteiger partial charge >= 0.3 is 0 Å². The van der Waals surface area contributed by atoms with Gasteiger partial charge in [-0.2, -0.15) is 0 Å². The van der Waals surface area contributed by atoms with Gasteiger partial charge in [0.2, 0.25) is 11.8 Å². The van der Waals surface area contributed by atoms with Crippen LogP contribution in [0, 0.1) is 11.6 Å². The minimum absolute atomic E-state index is 0.0651. The Labute approximate surface area is 155 Å². The molecule has 1 N–H and O–H groups in total. The Morgan fingerprint density at radius 2 is 1.63 bits per heavy atom. The van der Waals surface area contributed by atoms with Gasteiger partial charge in [-0.05, 0) is 42.0 Å². The van der Waals surface area contributed by atoms with Crippen molar-refractivity contribution < 1.29 is 18.4 Å². The average molecular weight is 371 g/mol. The number of anilines is 2. The fourth-order valence-corrected chi connectivity index (χ4v) is 3.71. The molecule has 1 unspecified atom stereocenters. The molecular weight excluding hydrogens is 352 g/mol. The predicted octanol–water partition coefficient (Wildman–Crippen LogP) is 2.74. The summed E-state index contributed by atoms with van der Waals surface area (Å²) in [5.41, 5.74) is 1.94. The molecule has 2 heterocycles. The SMILES string of the molecule is O=C1CC(C(=O)N2CCN(c3ccc(F)cc3)CC2)c2ccc(F)cc2N1. The van der Waals surface area contributed by atoms with Crippen molar-refractivity contribution in [3.8, 4) is 0 Å². The molecule has 7 heteroatoms. The molecule has 1 saturated heterocycles. The Balaban J connectivity index is 1.47. The van der Waals surface area contributed by atoms with Gasteiger partial charge in [-0.1, -0.05) is 6.07 Å². The Morgan fingerprint density at radius 1 is 0.963 bits per heavy atom. The van der Waals surface area contributed by atoms with Crippen molar-refractivity contribution in [2.24, 2.45) is 0 Å². The van der Waals surface area contributed by atoms with E-state index in [-0.39, 0.29) is 24.1 Å². The third-order valence-corrected chi connectivity index (χ3v) is 5.14. The second-order valence-electron chi connectivity index (χ2n) is 6.83. The highest BCUT2D eigenvalue weighted by Gasteiger charge is 2.34. The van der Waals surface area contributed by atoms with Gasteiger partial charge in [0.05, 0.1) is 5.92 Å². The highest BCUT2D eigenvalue weighted by atomic mass is 19.1. The normalized spacial score (nSPS) is 19.5. The van der Waals surface area contributed by atoms with E-state index in [1.165, 1.54) is 24.3 Å². The molecule has 140 valence electrons. The number of carbonyl (C=O) groups is 2. The minimum atomic E-state index is -0.591. The van der Waals surface area contributed by atoms with Crippen LogP contribution in [0.25, 0.3) is 0 Å². The molecule has 4 rings (SSSR count). The highest BCUT2D eigenvalue weighted by molar-refractivity contribution is 6.01. The Hall–Kier alpha value is -2.96. The van der Waals surface area contributed by atoms with E-state index in [1.54, 1.807) is 23.1 Å². The first-order valence-corrected chi connectivity index (χ1v) is 8.90. The first-order chi connectivity index (χ1) is 13.0. The number of halogens is 2. The lowest BCUT2D eigenvalue weighted by atomic mass is 9.89. The van der Waals surface area contributed by atoms with Gasteiger partial charge < -0.3 is 15.1 Å². The zero-order chi connectivity index (χ0) is 19.0. The zero-order valence-electron chi connectivity index (χ0n) is 14.6. The van der Waals surface area contributed by atoms with Gasteiger partial charge in [0, 0.05) is 44.0 Å². The summed E-state index contributed by atoms with van der Waals surface area (Å²) < 4.78 is 26.5. The number of hydrogen-bond acceptors (Lipinski definition) is 3. The predicted molar refractivity (Wildman–Crippen MR) is 97.6 cm³/mol. The van der Waals surface area contributed by atoms with Crippen LogP contribution in [0.3, 0.4) is 0 Å². The molecule has 2 aliphatic heterocycles. The van der Waals surface area contributed by atoms with Crippen LogP contribution < -0.4 is 10.2 Å². The topological polar surface area (TPSA) is 52.7 Å². The molecule has 0 spiro atoms. The van der Waals surface area contributed by atoms with Crippen molar-refractivity contribution in [3.63, 3.8) is 0 Å². The van der Waals surface area contributed by atoms with Crippen LogP contribution in [0.1, 0.15) is 17.9 Å². The summed E-state index contributed by atoms with van der Waals surface area (Å²) in [4.78, 5) is 28.8. The molecule has 0 radical (unpaired) electrons. The monoisotopic (exact) mass is 371 g/mol. The van der Waals surface area contributed by atoms with E-state index in [1.807, 2.05) is 0 Å². The third-order valence-electron chi connectivity index (χ3n) is 5.14. The Bertz CT molecular complexity index is 877. The summed E-state index contributed by atoms with van der Waals surface area (Å²) in [7, 11) is 0. The van der Waals surface area contributed by atoms with Gasteiger partial charge in [-0.15, -0.1) is 0 Å². The summed E-state index contributed by atoms with van der Waals surface area (Å²) in [6.07, 6.45) is 0.0651. The molecule has 5 nitrogen and oxygen atoms in total. The highest BCUT2D eigenvalue weighted by Crippen LogP contribution is 2.34. The maximum absolute atomic E-state index is 13.5. The van der Waals surface area contributed by atoms with E-state index >= 15 is 0 Å². The number of piperazine rings is 1. The van der Waals surface area contributed by atoms with Gasteiger partial charge in [0.1, 0.15) is 11.6 Å². The second-order valence-corrected chi connectivity index (χ2v) is 6.83. The van der Waals surface area contributed by atoms with E-state index in [4.69, 9.17) is 0 Å². The molecule has 27 heavy (non-hydrogen) atoms. The second kappa shape index (κ2) is 6.98. The molecule has 2 aliphatic rings. The summed E-state index contributed by atoms with van der Waals surface area (Å²) in [6, 6.07) is 10.4. The molecular formula is C20H19F2N3O2. The number of fused-ring (bicyclic) bond motifs is 1. The fourth-order valence-electron chi connectivity index (χ4n) is 3.71. The van der Waals surface area contributed by atoms with Gasteiger partial charge in [0.25, 0.3) is 0 Å². The largest absolute Gasteiger partial charge is 0.368 e. The standard InChI is InChI=1S/C20H19F2N3O2/c21-13-1-4-15(5-2-13)24-7-9-25(10-8-24)20(27)17-12-19(26)23-18-11-14(22)3-6-16(17)18/h1-6,11,17H,7-10,12H2,(H,23,26). The zero-order valence-corrected chi connectivity index (χ0v) is 14.6. The van der Waals surface area contributed by atoms with Crippen LogP contribution in [0.4, 0.5) is 20.2 Å². The maximum atomic E-state index is 13.5. The minimum Gasteiger partial charge on any atom is -0.368 e. The summed E-state index contributed by atoms with van der Waals surface area (Å²) in [5.74, 6) is -1.71. The van der Waals surface area contributed by atoms with E-state index in [0.29, 0.717) is 37.4 Å². The number of nitrogens with one attached hydrogen (secondary N) is 1. The van der Waals surface area contributed by atoms with Crippen molar-refractivity contribution >= 4 is 23.2 Å². The van der Waals surface area contributed by atoms with E-state index < -0.39 is 11.7 Å². The van der Waals surface area contributed by atoms with Gasteiger partial charge in [-0.3, -0.25) is 9.59 Å². The lowest BCUT2D eigenvalue weighted by molar-refractivity contribution is -0.135.